The van der Waals surface area contributed by atoms with Gasteiger partial charge in [-0.05, 0) is 24.3 Å². The number of nitrogens with zero attached hydrogens (tertiary/aromatic N) is 2. The lowest BCUT2D eigenvalue weighted by molar-refractivity contribution is 0.100. The first-order chi connectivity index (χ1) is 9.58. The number of likely N-dealkylation sites (N-methyl/N-ethyl adjacent to an activating group) is 2. The molecule has 0 amide bonds. The van der Waals surface area contributed by atoms with Crippen molar-refractivity contribution in [1.29, 1.82) is 0 Å². The predicted molar refractivity (Wildman–Crippen MR) is 76.6 cm³/mol. The molecule has 5 heteroatoms. The molecule has 108 valence electrons. The van der Waals surface area contributed by atoms with E-state index in [2.05, 4.69) is 0 Å². The van der Waals surface area contributed by atoms with Gasteiger partial charge in [-0.2, -0.15) is 0 Å². The van der Waals surface area contributed by atoms with Gasteiger partial charge in [0.15, 0.2) is 0 Å². The summed E-state index contributed by atoms with van der Waals surface area (Å²) in [5.74, 6) is 0.746. The average molecular weight is 276 g/mol. The van der Waals surface area contributed by atoms with Crippen molar-refractivity contribution in [2.24, 2.45) is 0 Å². The molecule has 0 N–H and O–H groups in total. The Morgan fingerprint density at radius 2 is 1.80 bits per heavy atom. The van der Waals surface area contributed by atoms with Crippen molar-refractivity contribution in [3.8, 4) is 5.75 Å². The second kappa shape index (κ2) is 5.96. The highest BCUT2D eigenvalue weighted by Gasteiger charge is 2.29. The fourth-order valence-corrected chi connectivity index (χ4v) is 2.37. The smallest absolute Gasteiger partial charge is 0.210 e. The molecule has 20 heavy (non-hydrogen) atoms. The molecule has 0 saturated carbocycles. The molecule has 0 bridgehead atoms. The van der Waals surface area contributed by atoms with Crippen molar-refractivity contribution in [1.82, 2.24) is 9.80 Å². The van der Waals surface area contributed by atoms with Crippen LogP contribution in [0.2, 0.25) is 0 Å². The highest BCUT2D eigenvalue weighted by atomic mass is 16.5. The van der Waals surface area contributed by atoms with E-state index in [1.807, 2.05) is 23.9 Å². The summed E-state index contributed by atoms with van der Waals surface area (Å²) in [5.41, 5.74) is 2.26. The van der Waals surface area contributed by atoms with Crippen LogP contribution < -0.4 is 4.74 Å². The van der Waals surface area contributed by atoms with Crippen LogP contribution in [-0.2, 0) is 4.74 Å². The van der Waals surface area contributed by atoms with E-state index in [4.69, 9.17) is 9.47 Å². The Balaban J connectivity index is 2.33. The van der Waals surface area contributed by atoms with Gasteiger partial charge in [-0.3, -0.25) is 4.79 Å². The van der Waals surface area contributed by atoms with Crippen LogP contribution in [0, 0.1) is 0 Å². The van der Waals surface area contributed by atoms with Gasteiger partial charge in [0.05, 0.1) is 26.1 Å². The van der Waals surface area contributed by atoms with Gasteiger partial charge in [0, 0.05) is 26.8 Å². The summed E-state index contributed by atoms with van der Waals surface area (Å²) < 4.78 is 10.3. The van der Waals surface area contributed by atoms with Crippen LogP contribution >= 0.6 is 0 Å². The molecule has 1 heterocycles. The number of carbonyl (C=O) groups excluding carboxylic acids is 1. The lowest BCUT2D eigenvalue weighted by Gasteiger charge is -2.15. The number of carbonyl (C=O) groups is 1. The number of hydrogen-bond acceptors (Lipinski definition) is 5. The van der Waals surface area contributed by atoms with E-state index in [-0.39, 0.29) is 5.78 Å². The third-order valence-corrected chi connectivity index (χ3v) is 3.39. The molecule has 2 rings (SSSR count). The van der Waals surface area contributed by atoms with Crippen molar-refractivity contribution in [3.05, 3.63) is 41.2 Å². The maximum absolute atomic E-state index is 12.7. The molecule has 0 unspecified atom stereocenters. The van der Waals surface area contributed by atoms with Crippen molar-refractivity contribution in [2.75, 3.05) is 41.6 Å². The summed E-state index contributed by atoms with van der Waals surface area (Å²) in [4.78, 5) is 16.6. The first kappa shape index (κ1) is 14.4. The largest absolute Gasteiger partial charge is 0.497 e. The number of hydrogen-bond donors (Lipinski definition) is 0. The van der Waals surface area contributed by atoms with Gasteiger partial charge < -0.3 is 19.3 Å². The molecule has 1 aliphatic rings. The number of allylic oxidation sites excluding steroid dienone is 1. The molecule has 5 nitrogen and oxygen atoms in total. The molecular formula is C15H20N2O3. The highest BCUT2D eigenvalue weighted by Crippen LogP contribution is 2.25. The molecule has 0 spiro atoms. The number of methoxy groups -OCH3 is 2. The standard InChI is InChI=1S/C15H20N2O3/c1-16-10-17(2)14(13(16)9-19-3)15(18)11-5-7-12(20-4)8-6-11/h5-8H,9-10H2,1-4H3. The summed E-state index contributed by atoms with van der Waals surface area (Å²) >= 11 is 0. The topological polar surface area (TPSA) is 42.0 Å². The van der Waals surface area contributed by atoms with Gasteiger partial charge in [0.1, 0.15) is 11.4 Å². The van der Waals surface area contributed by atoms with Crippen LogP contribution in [-0.4, -0.2) is 57.2 Å². The molecule has 0 aliphatic carbocycles. The fraction of sp³-hybridized carbons (Fsp3) is 0.400. The number of ether oxygens (including phenoxy) is 2. The van der Waals surface area contributed by atoms with Gasteiger partial charge >= 0.3 is 0 Å². The van der Waals surface area contributed by atoms with Crippen LogP contribution in [0.25, 0.3) is 0 Å². The summed E-state index contributed by atoms with van der Waals surface area (Å²) in [6.07, 6.45) is 0. The van der Waals surface area contributed by atoms with Crippen LogP contribution in [0.15, 0.2) is 35.7 Å². The first-order valence-electron chi connectivity index (χ1n) is 6.41. The average Bonchev–Trinajstić information content (AvgIpc) is 2.73. The lowest BCUT2D eigenvalue weighted by atomic mass is 10.1. The highest BCUT2D eigenvalue weighted by molar-refractivity contribution is 6.09. The maximum atomic E-state index is 12.7. The SMILES string of the molecule is COCC1=C(C(=O)c2ccc(OC)cc2)N(C)CN1C. The minimum absolute atomic E-state index is 0.00607. The Labute approximate surface area is 119 Å². The third kappa shape index (κ3) is 2.63. The van der Waals surface area contributed by atoms with E-state index >= 15 is 0 Å². The van der Waals surface area contributed by atoms with Gasteiger partial charge in [0.2, 0.25) is 5.78 Å². The molecule has 0 aromatic heterocycles. The van der Waals surface area contributed by atoms with E-state index in [1.54, 1.807) is 38.5 Å². The Morgan fingerprint density at radius 1 is 1.15 bits per heavy atom. The zero-order chi connectivity index (χ0) is 14.7. The second-order valence-electron chi connectivity index (χ2n) is 4.82. The molecule has 0 fully saturated rings. The minimum atomic E-state index is 0.00607. The zero-order valence-electron chi connectivity index (χ0n) is 12.3. The predicted octanol–water partition coefficient (Wildman–Crippen LogP) is 1.57. The number of Topliss-reactive ketones (excluding diaryl/α,β-unsaturated/α-hetero) is 1. The number of ketones is 1. The van der Waals surface area contributed by atoms with Crippen LogP contribution in [0.1, 0.15) is 10.4 Å². The first-order valence-corrected chi connectivity index (χ1v) is 6.41. The summed E-state index contributed by atoms with van der Waals surface area (Å²) in [6, 6.07) is 7.15. The van der Waals surface area contributed by atoms with E-state index in [9.17, 15) is 4.79 Å². The lowest BCUT2D eigenvalue weighted by Crippen LogP contribution is -2.23. The Morgan fingerprint density at radius 3 is 2.35 bits per heavy atom. The molecule has 1 aliphatic heterocycles. The minimum Gasteiger partial charge on any atom is -0.497 e. The third-order valence-electron chi connectivity index (χ3n) is 3.39. The second-order valence-corrected chi connectivity index (χ2v) is 4.82. The van der Waals surface area contributed by atoms with E-state index in [0.717, 1.165) is 11.4 Å². The van der Waals surface area contributed by atoms with E-state index in [0.29, 0.717) is 24.5 Å². The van der Waals surface area contributed by atoms with Crippen molar-refractivity contribution >= 4 is 5.78 Å². The summed E-state index contributed by atoms with van der Waals surface area (Å²) in [5, 5.41) is 0. The molecule has 0 saturated heterocycles. The number of benzene rings is 1. The Bertz CT molecular complexity index is 522. The molecule has 1 aromatic rings. The van der Waals surface area contributed by atoms with Crippen LogP contribution in [0.5, 0.6) is 5.75 Å². The van der Waals surface area contributed by atoms with Gasteiger partial charge in [-0.15, -0.1) is 0 Å². The molecule has 0 atom stereocenters. The summed E-state index contributed by atoms with van der Waals surface area (Å²) in [7, 11) is 7.11. The van der Waals surface area contributed by atoms with Crippen molar-refractivity contribution in [3.63, 3.8) is 0 Å². The van der Waals surface area contributed by atoms with Gasteiger partial charge in [0.25, 0.3) is 0 Å². The van der Waals surface area contributed by atoms with Gasteiger partial charge in [-0.25, -0.2) is 0 Å². The monoisotopic (exact) mass is 276 g/mol. The van der Waals surface area contributed by atoms with E-state index in [1.165, 1.54) is 0 Å². The Kier molecular flexibility index (Phi) is 4.29. The number of rotatable bonds is 5. The fourth-order valence-electron chi connectivity index (χ4n) is 2.37. The maximum Gasteiger partial charge on any atom is 0.210 e. The van der Waals surface area contributed by atoms with E-state index < -0.39 is 0 Å². The Hall–Kier alpha value is -2.01. The van der Waals surface area contributed by atoms with Gasteiger partial charge in [-0.1, -0.05) is 0 Å². The van der Waals surface area contributed by atoms with Crippen molar-refractivity contribution in [2.45, 2.75) is 0 Å². The zero-order valence-corrected chi connectivity index (χ0v) is 12.3. The van der Waals surface area contributed by atoms with Crippen molar-refractivity contribution < 1.29 is 14.3 Å². The quantitative estimate of drug-likeness (QED) is 0.764. The molecular weight excluding hydrogens is 256 g/mol. The summed E-state index contributed by atoms with van der Waals surface area (Å²) in [6.45, 7) is 1.12. The normalized spacial score (nSPS) is 15.0. The molecule has 0 radical (unpaired) electrons. The van der Waals surface area contributed by atoms with Crippen LogP contribution in [0.3, 0.4) is 0 Å². The van der Waals surface area contributed by atoms with Crippen LogP contribution in [0.4, 0.5) is 0 Å². The molecule has 1 aromatic carbocycles.